The van der Waals surface area contributed by atoms with Gasteiger partial charge in [-0.3, -0.25) is 9.59 Å². The second-order valence-electron chi connectivity index (χ2n) is 10.9. The van der Waals surface area contributed by atoms with Gasteiger partial charge in [-0.05, 0) is 62.9 Å². The van der Waals surface area contributed by atoms with E-state index < -0.39 is 68.5 Å². The molecule has 1 heterocycles. The summed E-state index contributed by atoms with van der Waals surface area (Å²) in [5.74, 6) is -2.80. The van der Waals surface area contributed by atoms with E-state index in [0.717, 1.165) is 29.8 Å². The lowest BCUT2D eigenvalue weighted by atomic mass is 9.76. The third kappa shape index (κ3) is 7.26. The van der Waals surface area contributed by atoms with Crippen LogP contribution in [-0.4, -0.2) is 43.9 Å². The van der Waals surface area contributed by atoms with Crippen molar-refractivity contribution in [1.82, 2.24) is 10.0 Å². The molecule has 14 heteroatoms. The molecule has 42 heavy (non-hydrogen) atoms. The number of benzene rings is 2. The Bertz CT molecular complexity index is 1460. The maximum atomic E-state index is 14.9. The average molecular weight is 621 g/mol. The van der Waals surface area contributed by atoms with Gasteiger partial charge in [0.25, 0.3) is 11.8 Å². The molecule has 1 aliphatic rings. The normalized spacial score (nSPS) is 18.5. The van der Waals surface area contributed by atoms with Crippen molar-refractivity contribution in [3.8, 4) is 5.75 Å². The molecule has 1 aliphatic heterocycles. The Hall–Kier alpha value is -3.55. The van der Waals surface area contributed by atoms with E-state index in [1.54, 1.807) is 23.8 Å². The Balaban J connectivity index is 2.07. The zero-order valence-electron chi connectivity index (χ0n) is 23.2. The van der Waals surface area contributed by atoms with Crippen LogP contribution in [0, 0.1) is 6.92 Å². The lowest BCUT2D eigenvalue weighted by Crippen LogP contribution is -2.60. The molecule has 2 aromatic carbocycles. The molecule has 0 radical (unpaired) electrons. The van der Waals surface area contributed by atoms with Crippen molar-refractivity contribution in [1.29, 1.82) is 0 Å². The predicted octanol–water partition coefficient (Wildman–Crippen LogP) is 5.69. The number of hydrogen-bond donors (Lipinski definition) is 2. The molecule has 0 saturated heterocycles. The Morgan fingerprint density at radius 2 is 1.55 bits per heavy atom. The number of ether oxygens (including phenoxy) is 1. The Kier molecular flexibility index (Phi) is 9.11. The van der Waals surface area contributed by atoms with E-state index in [9.17, 15) is 44.3 Å². The van der Waals surface area contributed by atoms with Crippen LogP contribution in [0.2, 0.25) is 0 Å². The molecule has 0 spiro atoms. The van der Waals surface area contributed by atoms with Crippen LogP contribution in [0.5, 0.6) is 5.75 Å². The van der Waals surface area contributed by atoms with Gasteiger partial charge in [0.1, 0.15) is 11.3 Å². The van der Waals surface area contributed by atoms with Crippen molar-refractivity contribution in [2.75, 3.05) is 6.61 Å². The minimum absolute atomic E-state index is 0.0159. The van der Waals surface area contributed by atoms with Crippen LogP contribution < -0.4 is 14.8 Å². The first-order chi connectivity index (χ1) is 19.2. The van der Waals surface area contributed by atoms with E-state index in [0.29, 0.717) is 0 Å². The van der Waals surface area contributed by atoms with Crippen molar-refractivity contribution in [3.05, 3.63) is 70.8 Å². The van der Waals surface area contributed by atoms with Crippen LogP contribution in [0.4, 0.5) is 26.3 Å². The fourth-order valence-electron chi connectivity index (χ4n) is 4.17. The fourth-order valence-corrected chi connectivity index (χ4v) is 4.82. The van der Waals surface area contributed by atoms with Gasteiger partial charge in [0.2, 0.25) is 10.0 Å². The topological polar surface area (TPSA) is 102 Å². The third-order valence-corrected chi connectivity index (χ3v) is 8.73. The van der Waals surface area contributed by atoms with Gasteiger partial charge in [0.15, 0.2) is 5.54 Å². The molecule has 0 aliphatic carbocycles. The second kappa shape index (κ2) is 11.6. The molecule has 0 bridgehead atoms. The van der Waals surface area contributed by atoms with Crippen LogP contribution in [0.1, 0.15) is 56.7 Å². The standard InChI is InChI=1S/C28H30F6N2O5S/c1-17-6-8-18(9-7-17)21-16-26(28(32,33)34,19-10-12-20(13-11-19)41-15-5-14-27(29,30)31)35-23(37)22(21)24(38)36-42(39,40)25(2,3)4/h6-13H,5,14-16H2,1-4H3,(H,35,37)(H,36,38). The van der Waals surface area contributed by atoms with Crippen molar-refractivity contribution < 1.29 is 49.1 Å². The Morgan fingerprint density at radius 1 is 0.976 bits per heavy atom. The number of hydrogen-bond acceptors (Lipinski definition) is 5. The van der Waals surface area contributed by atoms with Gasteiger partial charge < -0.3 is 10.1 Å². The van der Waals surface area contributed by atoms with Crippen molar-refractivity contribution >= 4 is 27.4 Å². The van der Waals surface area contributed by atoms with Gasteiger partial charge >= 0.3 is 12.4 Å². The molecular formula is C28H30F6N2O5S. The van der Waals surface area contributed by atoms with Gasteiger partial charge in [0, 0.05) is 12.8 Å². The minimum atomic E-state index is -5.10. The summed E-state index contributed by atoms with van der Waals surface area (Å²) in [6, 6.07) is 10.3. The number of carbonyl (C=O) groups excluding carboxylic acids is 2. The monoisotopic (exact) mass is 620 g/mol. The molecule has 0 fully saturated rings. The summed E-state index contributed by atoms with van der Waals surface area (Å²) in [5.41, 5.74) is -3.73. The molecule has 0 aromatic heterocycles. The maximum Gasteiger partial charge on any atom is 0.416 e. The first-order valence-corrected chi connectivity index (χ1v) is 14.2. The number of halogens is 6. The molecule has 0 saturated carbocycles. The summed E-state index contributed by atoms with van der Waals surface area (Å²) in [7, 11) is -4.33. The lowest BCUT2D eigenvalue weighted by molar-refractivity contribution is -0.201. The number of nitrogens with one attached hydrogen (secondary N) is 2. The molecular weight excluding hydrogens is 590 g/mol. The molecule has 7 nitrogen and oxygen atoms in total. The van der Waals surface area contributed by atoms with Crippen molar-refractivity contribution in [2.24, 2.45) is 0 Å². The smallest absolute Gasteiger partial charge is 0.416 e. The van der Waals surface area contributed by atoms with Crippen LogP contribution >= 0.6 is 0 Å². The summed E-state index contributed by atoms with van der Waals surface area (Å²) in [6.45, 7) is 5.31. The summed E-state index contributed by atoms with van der Waals surface area (Å²) in [5, 5.41) is 1.90. The van der Waals surface area contributed by atoms with E-state index in [-0.39, 0.29) is 29.9 Å². The summed E-state index contributed by atoms with van der Waals surface area (Å²) < 4.78 is 112. The molecule has 230 valence electrons. The quantitative estimate of drug-likeness (QED) is 0.224. The second-order valence-corrected chi connectivity index (χ2v) is 13.3. The van der Waals surface area contributed by atoms with E-state index in [1.807, 2.05) is 5.32 Å². The number of amides is 2. The van der Waals surface area contributed by atoms with E-state index in [4.69, 9.17) is 4.74 Å². The number of aryl methyl sites for hydroxylation is 1. The SMILES string of the molecule is Cc1ccc(C2=C(C(=O)NS(=O)(=O)C(C)(C)C)C(=O)NC(c3ccc(OCCCC(F)(F)F)cc3)(C(F)(F)F)C2)cc1. The lowest BCUT2D eigenvalue weighted by Gasteiger charge is -2.41. The first-order valence-electron chi connectivity index (χ1n) is 12.7. The van der Waals surface area contributed by atoms with Gasteiger partial charge in [0.05, 0.1) is 11.4 Å². The zero-order chi connectivity index (χ0) is 31.7. The number of alkyl halides is 6. The highest BCUT2D eigenvalue weighted by Crippen LogP contribution is 2.48. The highest BCUT2D eigenvalue weighted by atomic mass is 32.2. The summed E-state index contributed by atoms with van der Waals surface area (Å²) in [4.78, 5) is 26.5. The van der Waals surface area contributed by atoms with Crippen LogP contribution in [0.3, 0.4) is 0 Å². The predicted molar refractivity (Wildman–Crippen MR) is 143 cm³/mol. The third-order valence-electron chi connectivity index (χ3n) is 6.66. The maximum absolute atomic E-state index is 14.9. The number of rotatable bonds is 8. The van der Waals surface area contributed by atoms with Gasteiger partial charge in [-0.2, -0.15) is 26.3 Å². The highest BCUT2D eigenvalue weighted by Gasteiger charge is 2.60. The summed E-state index contributed by atoms with van der Waals surface area (Å²) in [6.07, 6.45) is -11.9. The Labute approximate surface area is 239 Å². The zero-order valence-corrected chi connectivity index (χ0v) is 24.0. The van der Waals surface area contributed by atoms with E-state index >= 15 is 0 Å². The van der Waals surface area contributed by atoms with Crippen molar-refractivity contribution in [3.63, 3.8) is 0 Å². The van der Waals surface area contributed by atoms with Gasteiger partial charge in [-0.1, -0.05) is 42.0 Å². The highest BCUT2D eigenvalue weighted by molar-refractivity contribution is 7.91. The number of carbonyl (C=O) groups is 2. The summed E-state index contributed by atoms with van der Waals surface area (Å²) >= 11 is 0. The molecule has 2 aromatic rings. The molecule has 2 N–H and O–H groups in total. The fraction of sp³-hybridized carbons (Fsp3) is 0.429. The molecule has 1 unspecified atom stereocenters. The molecule has 1 atom stereocenters. The van der Waals surface area contributed by atoms with Crippen LogP contribution in [-0.2, 0) is 25.2 Å². The average Bonchev–Trinajstić information content (AvgIpc) is 2.84. The van der Waals surface area contributed by atoms with Crippen molar-refractivity contribution in [2.45, 2.75) is 69.6 Å². The van der Waals surface area contributed by atoms with Gasteiger partial charge in [-0.25, -0.2) is 13.1 Å². The van der Waals surface area contributed by atoms with Gasteiger partial charge in [-0.15, -0.1) is 0 Å². The van der Waals surface area contributed by atoms with E-state index in [2.05, 4.69) is 0 Å². The van der Waals surface area contributed by atoms with E-state index in [1.165, 1.54) is 32.9 Å². The largest absolute Gasteiger partial charge is 0.494 e. The molecule has 2 amide bonds. The number of sulfonamides is 1. The minimum Gasteiger partial charge on any atom is -0.494 e. The Morgan fingerprint density at radius 3 is 2.05 bits per heavy atom. The molecule has 3 rings (SSSR count). The van der Waals surface area contributed by atoms with Crippen LogP contribution in [0.15, 0.2) is 54.1 Å². The first kappa shape index (κ1) is 33.0. The van der Waals surface area contributed by atoms with Crippen LogP contribution in [0.25, 0.3) is 5.57 Å².